The number of nitrogens with two attached hydrogens (primary N) is 1. The van der Waals surface area contributed by atoms with Crippen LogP contribution in [-0.4, -0.2) is 11.7 Å². The Morgan fingerprint density at radius 1 is 1.46 bits per heavy atom. The molecule has 0 aliphatic carbocycles. The van der Waals surface area contributed by atoms with Crippen molar-refractivity contribution in [1.82, 2.24) is 0 Å². The summed E-state index contributed by atoms with van der Waals surface area (Å²) in [4.78, 5) is 11.8. The molecule has 0 atom stereocenters. The zero-order valence-corrected chi connectivity index (χ0v) is 7.54. The van der Waals surface area contributed by atoms with Crippen LogP contribution in [0.1, 0.15) is 0 Å². The third kappa shape index (κ3) is 1.55. The second-order valence-electron chi connectivity index (χ2n) is 2.55. The van der Waals surface area contributed by atoms with E-state index < -0.39 is 5.91 Å². The summed E-state index contributed by atoms with van der Waals surface area (Å²) in [5, 5.41) is 7.66. The molecule has 2 rings (SSSR count). The minimum absolute atomic E-state index is 0.198. The van der Waals surface area contributed by atoms with E-state index in [1.165, 1.54) is 0 Å². The van der Waals surface area contributed by atoms with E-state index in [2.05, 4.69) is 10.2 Å². The molecule has 0 saturated carbocycles. The number of thioether (sulfide) groups is 1. The van der Waals surface area contributed by atoms with Crippen LogP contribution in [0.3, 0.4) is 0 Å². The predicted octanol–water partition coefficient (Wildman–Crippen LogP) is 1.34. The molecule has 0 aromatic rings. The first-order valence-electron chi connectivity index (χ1n) is 3.74. The van der Waals surface area contributed by atoms with Gasteiger partial charge < -0.3 is 5.73 Å². The molecule has 0 unspecified atom stereocenters. The monoisotopic (exact) mass is 193 g/mol. The summed E-state index contributed by atoms with van der Waals surface area (Å²) < 4.78 is 0. The lowest BCUT2D eigenvalue weighted by atomic mass is 10.3. The van der Waals surface area contributed by atoms with Crippen LogP contribution >= 0.6 is 11.8 Å². The number of carbonyl (C=O) groups excluding carboxylic acids is 1. The number of azo groups is 1. The van der Waals surface area contributed by atoms with Crippen molar-refractivity contribution in [3.8, 4) is 0 Å². The summed E-state index contributed by atoms with van der Waals surface area (Å²) in [6.07, 6.45) is 5.39. The van der Waals surface area contributed by atoms with Crippen molar-refractivity contribution in [2.24, 2.45) is 16.0 Å². The molecule has 5 heteroatoms. The summed E-state index contributed by atoms with van der Waals surface area (Å²) in [5.74, 6) is 0.367. The van der Waals surface area contributed by atoms with Crippen LogP contribution in [0.4, 0.5) is 0 Å². The van der Waals surface area contributed by atoms with Gasteiger partial charge in [-0.2, -0.15) is 0 Å². The average molecular weight is 193 g/mol. The molecule has 0 radical (unpaired) electrons. The van der Waals surface area contributed by atoms with E-state index in [0.29, 0.717) is 0 Å². The van der Waals surface area contributed by atoms with Gasteiger partial charge in [-0.15, -0.1) is 22.0 Å². The molecule has 0 spiro atoms. The third-order valence-electron chi connectivity index (χ3n) is 1.68. The zero-order valence-electron chi connectivity index (χ0n) is 6.73. The van der Waals surface area contributed by atoms with Gasteiger partial charge >= 0.3 is 0 Å². The second kappa shape index (κ2) is 3.18. The van der Waals surface area contributed by atoms with Crippen LogP contribution in [0.5, 0.6) is 0 Å². The normalized spacial score (nSPS) is 19.8. The number of allylic oxidation sites excluding steroid dienone is 2. The molecule has 66 valence electrons. The van der Waals surface area contributed by atoms with Crippen molar-refractivity contribution in [1.29, 1.82) is 0 Å². The molecule has 2 aliphatic heterocycles. The lowest BCUT2D eigenvalue weighted by molar-refractivity contribution is -0.114. The summed E-state index contributed by atoms with van der Waals surface area (Å²) in [5.41, 5.74) is 6.10. The van der Waals surface area contributed by atoms with E-state index >= 15 is 0 Å². The number of carbonyl (C=O) groups is 1. The first-order chi connectivity index (χ1) is 6.27. The summed E-state index contributed by atoms with van der Waals surface area (Å²) in [6.45, 7) is 0. The van der Waals surface area contributed by atoms with Crippen LogP contribution in [0, 0.1) is 0 Å². The Labute approximate surface area is 79.3 Å². The van der Waals surface area contributed by atoms with Gasteiger partial charge in [0, 0.05) is 10.7 Å². The van der Waals surface area contributed by atoms with E-state index in [1.54, 1.807) is 17.8 Å². The Hall–Kier alpha value is -1.36. The van der Waals surface area contributed by atoms with Gasteiger partial charge in [0.25, 0.3) is 5.91 Å². The fourth-order valence-electron chi connectivity index (χ4n) is 1.04. The molecule has 0 fully saturated rings. The predicted molar refractivity (Wildman–Crippen MR) is 50.8 cm³/mol. The molecule has 1 amide bonds. The molecule has 0 bridgehead atoms. The molecule has 2 aliphatic rings. The highest BCUT2D eigenvalue weighted by Crippen LogP contribution is 2.33. The highest BCUT2D eigenvalue weighted by Gasteiger charge is 2.14. The summed E-state index contributed by atoms with van der Waals surface area (Å²) in [6, 6.07) is 0. The molecule has 0 aromatic carbocycles. The minimum atomic E-state index is -0.550. The average Bonchev–Trinajstić information content (AvgIpc) is 2.44. The highest BCUT2D eigenvalue weighted by atomic mass is 32.2. The fourth-order valence-corrected chi connectivity index (χ4v) is 1.89. The number of hydrogen-bond acceptors (Lipinski definition) is 4. The zero-order chi connectivity index (χ0) is 9.26. The molecule has 0 aromatic heterocycles. The first kappa shape index (κ1) is 8.25. The summed E-state index contributed by atoms with van der Waals surface area (Å²) >= 11 is 1.67. The van der Waals surface area contributed by atoms with Crippen molar-refractivity contribution in [2.75, 3.05) is 5.75 Å². The smallest absolute Gasteiger partial charge is 0.269 e. The van der Waals surface area contributed by atoms with Crippen LogP contribution in [0.15, 0.2) is 44.8 Å². The highest BCUT2D eigenvalue weighted by molar-refractivity contribution is 8.03. The molecular weight excluding hydrogens is 186 g/mol. The van der Waals surface area contributed by atoms with Crippen LogP contribution < -0.4 is 5.73 Å². The number of fused-ring (bicyclic) bond motifs is 1. The maximum Gasteiger partial charge on any atom is 0.269 e. The number of amides is 1. The van der Waals surface area contributed by atoms with E-state index in [1.807, 2.05) is 12.2 Å². The number of rotatable bonds is 1. The van der Waals surface area contributed by atoms with Gasteiger partial charge in [-0.05, 0) is 18.2 Å². The lowest BCUT2D eigenvalue weighted by Crippen LogP contribution is -2.11. The summed E-state index contributed by atoms with van der Waals surface area (Å²) in [7, 11) is 0. The van der Waals surface area contributed by atoms with Crippen molar-refractivity contribution < 1.29 is 4.79 Å². The Bertz CT molecular complexity index is 379. The van der Waals surface area contributed by atoms with Crippen molar-refractivity contribution in [3.05, 3.63) is 34.5 Å². The van der Waals surface area contributed by atoms with Gasteiger partial charge in [-0.1, -0.05) is 0 Å². The van der Waals surface area contributed by atoms with Gasteiger partial charge in [-0.25, -0.2) is 0 Å². The topological polar surface area (TPSA) is 67.8 Å². The Kier molecular flexibility index (Phi) is 2.02. The molecule has 2 N–H and O–H groups in total. The lowest BCUT2D eigenvalue weighted by Gasteiger charge is -1.91. The van der Waals surface area contributed by atoms with E-state index in [0.717, 1.165) is 16.4 Å². The minimum Gasteiger partial charge on any atom is -0.364 e. The van der Waals surface area contributed by atoms with E-state index in [-0.39, 0.29) is 5.70 Å². The van der Waals surface area contributed by atoms with Crippen molar-refractivity contribution >= 4 is 17.7 Å². The molecular formula is C8H7N3OS. The molecule has 4 nitrogen and oxygen atoms in total. The molecule has 13 heavy (non-hydrogen) atoms. The van der Waals surface area contributed by atoms with Gasteiger partial charge in [0.1, 0.15) is 0 Å². The molecule has 0 saturated heterocycles. The third-order valence-corrected chi connectivity index (χ3v) is 2.67. The maximum atomic E-state index is 10.8. The van der Waals surface area contributed by atoms with Gasteiger partial charge in [0.05, 0.1) is 5.70 Å². The fraction of sp³-hybridized carbons (Fsp3) is 0.125. The molecule has 2 heterocycles. The Balaban J connectivity index is 2.37. The van der Waals surface area contributed by atoms with Gasteiger partial charge in [0.15, 0.2) is 5.70 Å². The van der Waals surface area contributed by atoms with Crippen LogP contribution in [0.25, 0.3) is 0 Å². The second-order valence-corrected chi connectivity index (χ2v) is 3.61. The van der Waals surface area contributed by atoms with E-state index in [9.17, 15) is 4.79 Å². The van der Waals surface area contributed by atoms with Crippen molar-refractivity contribution in [3.63, 3.8) is 0 Å². The van der Waals surface area contributed by atoms with Gasteiger partial charge in [0.2, 0.25) is 0 Å². The van der Waals surface area contributed by atoms with Crippen molar-refractivity contribution in [2.45, 2.75) is 0 Å². The number of primary amides is 1. The number of nitrogens with zero attached hydrogens (tertiary/aromatic N) is 2. The standard InChI is InChI=1S/C8H7N3OS/c9-8(12)6-1-2-7-5(10-11-6)3-4-13-7/h1-3H,4H2,(H2,9,12). The SMILES string of the molecule is NC(=O)C1=CC=C2SCC=C2N=N1. The van der Waals surface area contributed by atoms with Gasteiger partial charge in [-0.3, -0.25) is 4.79 Å². The Morgan fingerprint density at radius 3 is 3.08 bits per heavy atom. The number of hydrogen-bond donors (Lipinski definition) is 1. The van der Waals surface area contributed by atoms with Crippen LogP contribution in [-0.2, 0) is 4.79 Å². The quantitative estimate of drug-likeness (QED) is 0.682. The largest absolute Gasteiger partial charge is 0.364 e. The van der Waals surface area contributed by atoms with Crippen LogP contribution in [0.2, 0.25) is 0 Å². The first-order valence-corrected chi connectivity index (χ1v) is 4.73. The Morgan fingerprint density at radius 2 is 2.31 bits per heavy atom. The van der Waals surface area contributed by atoms with E-state index in [4.69, 9.17) is 5.73 Å². The maximum absolute atomic E-state index is 10.8.